The van der Waals surface area contributed by atoms with Gasteiger partial charge in [0.1, 0.15) is 11.4 Å². The third kappa shape index (κ3) is 6.88. The molecule has 6 heteroatoms. The van der Waals surface area contributed by atoms with Gasteiger partial charge in [-0.1, -0.05) is 12.1 Å². The Labute approximate surface area is 205 Å². The zero-order valence-corrected chi connectivity index (χ0v) is 21.8. The maximum atomic E-state index is 12.7. The van der Waals surface area contributed by atoms with Gasteiger partial charge in [-0.2, -0.15) is 0 Å². The summed E-state index contributed by atoms with van der Waals surface area (Å²) in [6.45, 7) is 6.87. The monoisotopic (exact) mass is 472 g/mol. The molecule has 2 atom stereocenters. The molecule has 1 aromatic rings. The molecule has 1 aromatic carbocycles. The second-order valence-corrected chi connectivity index (χ2v) is 11.7. The van der Waals surface area contributed by atoms with E-state index in [0.717, 1.165) is 70.1 Å². The summed E-state index contributed by atoms with van der Waals surface area (Å²) >= 11 is 0. The molecule has 1 aliphatic carbocycles. The van der Waals surface area contributed by atoms with Gasteiger partial charge < -0.3 is 24.0 Å². The Hall–Kier alpha value is -1.79. The van der Waals surface area contributed by atoms with Crippen molar-refractivity contribution in [3.63, 3.8) is 0 Å². The Morgan fingerprint density at radius 3 is 2.06 bits per heavy atom. The fourth-order valence-electron chi connectivity index (χ4n) is 5.69. The number of hydrogen-bond donors (Lipinski definition) is 0. The fraction of sp³-hybridized carbons (Fsp3) is 0.750. The first-order chi connectivity index (χ1) is 16.2. The first kappa shape index (κ1) is 25.3. The number of nitrogens with zero attached hydrogens (tertiary/aromatic N) is 2. The highest BCUT2D eigenvalue weighted by atomic mass is 16.6. The zero-order chi connectivity index (χ0) is 24.3. The Kier molecular flexibility index (Phi) is 8.08. The van der Waals surface area contributed by atoms with Crippen LogP contribution in [0.25, 0.3) is 0 Å². The van der Waals surface area contributed by atoms with Crippen molar-refractivity contribution < 1.29 is 19.0 Å². The molecule has 2 bridgehead atoms. The van der Waals surface area contributed by atoms with Crippen molar-refractivity contribution in [2.24, 2.45) is 0 Å². The van der Waals surface area contributed by atoms with E-state index in [1.807, 2.05) is 25.7 Å². The number of benzene rings is 1. The second-order valence-electron chi connectivity index (χ2n) is 11.7. The van der Waals surface area contributed by atoms with Crippen LogP contribution in [-0.2, 0) is 15.9 Å². The summed E-state index contributed by atoms with van der Waals surface area (Å²) in [6.07, 6.45) is 9.94. The maximum absolute atomic E-state index is 12.7. The molecule has 2 heterocycles. The van der Waals surface area contributed by atoms with Gasteiger partial charge in [0.2, 0.25) is 0 Å². The van der Waals surface area contributed by atoms with E-state index in [2.05, 4.69) is 43.3 Å². The second kappa shape index (κ2) is 10.9. The lowest BCUT2D eigenvalue weighted by Crippen LogP contribution is -2.50. The van der Waals surface area contributed by atoms with E-state index >= 15 is 0 Å². The van der Waals surface area contributed by atoms with E-state index in [4.69, 9.17) is 14.2 Å². The van der Waals surface area contributed by atoms with Crippen molar-refractivity contribution in [3.05, 3.63) is 29.8 Å². The van der Waals surface area contributed by atoms with E-state index in [9.17, 15) is 4.79 Å². The molecule has 0 aromatic heterocycles. The van der Waals surface area contributed by atoms with Gasteiger partial charge in [0, 0.05) is 18.6 Å². The third-order valence-electron chi connectivity index (χ3n) is 7.37. The molecule has 2 saturated heterocycles. The van der Waals surface area contributed by atoms with Crippen LogP contribution in [0.15, 0.2) is 24.3 Å². The molecule has 2 aliphatic heterocycles. The first-order valence-corrected chi connectivity index (χ1v) is 13.2. The van der Waals surface area contributed by atoms with Crippen LogP contribution in [0.1, 0.15) is 77.7 Å². The van der Waals surface area contributed by atoms with Gasteiger partial charge in [0.25, 0.3) is 0 Å². The number of amides is 1. The summed E-state index contributed by atoms with van der Waals surface area (Å²) in [5.74, 6) is 0.976. The number of carbonyl (C=O) groups excluding carboxylic acids is 1. The molecule has 3 fully saturated rings. The van der Waals surface area contributed by atoms with Crippen LogP contribution in [0.3, 0.4) is 0 Å². The van der Waals surface area contributed by atoms with Crippen LogP contribution >= 0.6 is 0 Å². The molecule has 0 radical (unpaired) electrons. The van der Waals surface area contributed by atoms with Gasteiger partial charge in [0.05, 0.1) is 18.3 Å². The minimum Gasteiger partial charge on any atom is -0.490 e. The topological polar surface area (TPSA) is 51.2 Å². The summed E-state index contributed by atoms with van der Waals surface area (Å²) in [5.41, 5.74) is 0.906. The number of rotatable bonds is 7. The highest BCUT2D eigenvalue weighted by Crippen LogP contribution is 2.39. The van der Waals surface area contributed by atoms with E-state index in [0.29, 0.717) is 6.10 Å². The fourth-order valence-corrected chi connectivity index (χ4v) is 5.69. The third-order valence-corrected chi connectivity index (χ3v) is 7.37. The molecule has 0 spiro atoms. The lowest BCUT2D eigenvalue weighted by Gasteiger charge is -2.41. The number of fused-ring (bicyclic) bond motifs is 2. The van der Waals surface area contributed by atoms with Gasteiger partial charge in [-0.3, -0.25) is 0 Å². The van der Waals surface area contributed by atoms with Crippen LogP contribution in [-0.4, -0.2) is 72.5 Å². The standard InChI is InChI=1S/C28H44N2O4/c1-28(2,3)34-27(31)30-21-8-9-22(30)19-26(18-21)33-25-14-12-24(13-15-25)32-23-10-6-20(7-11-23)16-17-29(4)5/h6-7,10-11,21-22,24-26H,8-9,12-19H2,1-5H3. The Balaban J connectivity index is 1.19. The van der Waals surface area contributed by atoms with Crippen LogP contribution in [0.2, 0.25) is 0 Å². The molecule has 1 amide bonds. The predicted molar refractivity (Wildman–Crippen MR) is 134 cm³/mol. The molecule has 0 N–H and O–H groups in total. The van der Waals surface area contributed by atoms with Gasteiger partial charge in [-0.25, -0.2) is 4.79 Å². The van der Waals surface area contributed by atoms with Crippen LogP contribution < -0.4 is 4.74 Å². The molecule has 34 heavy (non-hydrogen) atoms. The van der Waals surface area contributed by atoms with Crippen molar-refractivity contribution in [3.8, 4) is 5.75 Å². The molecule has 2 unspecified atom stereocenters. The van der Waals surface area contributed by atoms with Crippen molar-refractivity contribution >= 4 is 6.09 Å². The SMILES string of the molecule is CN(C)CCc1ccc(OC2CCC(OC3CC4CCC(C3)N4C(=O)OC(C)(C)C)CC2)cc1. The van der Waals surface area contributed by atoms with Crippen LogP contribution in [0.5, 0.6) is 5.75 Å². The highest BCUT2D eigenvalue weighted by Gasteiger charge is 2.45. The summed E-state index contributed by atoms with van der Waals surface area (Å²) in [7, 11) is 4.21. The predicted octanol–water partition coefficient (Wildman–Crippen LogP) is 5.43. The molecular weight excluding hydrogens is 428 g/mol. The first-order valence-electron chi connectivity index (χ1n) is 13.2. The number of hydrogen-bond acceptors (Lipinski definition) is 5. The minimum absolute atomic E-state index is 0.151. The van der Waals surface area contributed by atoms with Gasteiger partial charge in [0.15, 0.2) is 0 Å². The van der Waals surface area contributed by atoms with Crippen LogP contribution in [0, 0.1) is 0 Å². The van der Waals surface area contributed by atoms with Gasteiger partial charge >= 0.3 is 6.09 Å². The lowest BCUT2D eigenvalue weighted by atomic mass is 9.93. The summed E-state index contributed by atoms with van der Waals surface area (Å²) in [5, 5.41) is 0. The van der Waals surface area contributed by atoms with Crippen molar-refractivity contribution in [1.29, 1.82) is 0 Å². The average molecular weight is 473 g/mol. The summed E-state index contributed by atoms with van der Waals surface area (Å²) < 4.78 is 18.5. The number of likely N-dealkylation sites (N-methyl/N-ethyl adjacent to an activating group) is 1. The van der Waals surface area contributed by atoms with Gasteiger partial charge in [-0.05, 0) is 110 Å². The molecule has 6 nitrogen and oxygen atoms in total. The largest absolute Gasteiger partial charge is 0.490 e. The highest BCUT2D eigenvalue weighted by molar-refractivity contribution is 5.69. The van der Waals surface area contributed by atoms with Crippen molar-refractivity contribution in [2.45, 2.75) is 115 Å². The van der Waals surface area contributed by atoms with Crippen molar-refractivity contribution in [2.75, 3.05) is 20.6 Å². The van der Waals surface area contributed by atoms with E-state index in [1.165, 1.54) is 5.56 Å². The number of ether oxygens (including phenoxy) is 3. The van der Waals surface area contributed by atoms with Crippen molar-refractivity contribution in [1.82, 2.24) is 9.80 Å². The molecular formula is C28H44N2O4. The van der Waals surface area contributed by atoms with E-state index in [-0.39, 0.29) is 30.4 Å². The normalized spacial score (nSPS) is 29.4. The summed E-state index contributed by atoms with van der Waals surface area (Å²) in [6, 6.07) is 9.12. The zero-order valence-electron chi connectivity index (χ0n) is 21.8. The quantitative estimate of drug-likeness (QED) is 0.530. The summed E-state index contributed by atoms with van der Waals surface area (Å²) in [4.78, 5) is 16.9. The number of carbonyl (C=O) groups is 1. The van der Waals surface area contributed by atoms with Crippen LogP contribution in [0.4, 0.5) is 4.79 Å². The Morgan fingerprint density at radius 2 is 1.50 bits per heavy atom. The minimum atomic E-state index is -0.446. The average Bonchev–Trinajstić information content (AvgIpc) is 3.04. The Bertz CT molecular complexity index is 782. The maximum Gasteiger partial charge on any atom is 0.410 e. The van der Waals surface area contributed by atoms with E-state index in [1.54, 1.807) is 0 Å². The molecule has 4 rings (SSSR count). The molecule has 3 aliphatic rings. The number of piperidine rings is 1. The molecule has 190 valence electrons. The molecule has 1 saturated carbocycles. The lowest BCUT2D eigenvalue weighted by molar-refractivity contribution is -0.0812. The van der Waals surface area contributed by atoms with Gasteiger partial charge in [-0.15, -0.1) is 0 Å². The Morgan fingerprint density at radius 1 is 0.912 bits per heavy atom. The van der Waals surface area contributed by atoms with E-state index < -0.39 is 5.60 Å². The smallest absolute Gasteiger partial charge is 0.410 e.